The molecule has 0 aliphatic carbocycles. The topological polar surface area (TPSA) is 114 Å². The van der Waals surface area contributed by atoms with Gasteiger partial charge in [0.25, 0.3) is 0 Å². The first kappa shape index (κ1) is 24.1. The number of hydrogen-bond acceptors (Lipinski definition) is 6. The zero-order valence-corrected chi connectivity index (χ0v) is 15.0. The molecule has 0 bridgehead atoms. The van der Waals surface area contributed by atoms with Crippen molar-refractivity contribution in [3.63, 3.8) is 0 Å². The van der Waals surface area contributed by atoms with Gasteiger partial charge in [-0.1, -0.05) is 13.8 Å². The minimum atomic E-state index is -0.372. The van der Waals surface area contributed by atoms with Crippen LogP contribution in [0.1, 0.15) is 19.7 Å². The molecule has 0 aromatic carbocycles. The number of nitrogens with zero attached hydrogens (tertiary/aromatic N) is 4. The highest BCUT2D eigenvalue weighted by Crippen LogP contribution is 2.09. The summed E-state index contributed by atoms with van der Waals surface area (Å²) in [6.07, 6.45) is 1.48. The Labute approximate surface area is 146 Å². The van der Waals surface area contributed by atoms with E-state index in [0.29, 0.717) is 37.9 Å². The maximum atomic E-state index is 11.7. The summed E-state index contributed by atoms with van der Waals surface area (Å²) in [5, 5.41) is 20.0. The van der Waals surface area contributed by atoms with E-state index in [1.165, 1.54) is 6.20 Å². The predicted molar refractivity (Wildman–Crippen MR) is 91.4 cm³/mol. The van der Waals surface area contributed by atoms with Crippen LogP contribution in [-0.2, 0) is 0 Å². The van der Waals surface area contributed by atoms with Gasteiger partial charge in [0, 0.05) is 38.3 Å². The van der Waals surface area contributed by atoms with Gasteiger partial charge in [0.1, 0.15) is 6.07 Å². The van der Waals surface area contributed by atoms with Crippen LogP contribution in [-0.4, -0.2) is 54.4 Å². The Morgan fingerprint density at radius 2 is 2.12 bits per heavy atom. The Morgan fingerprint density at radius 3 is 2.62 bits per heavy atom. The van der Waals surface area contributed by atoms with E-state index in [-0.39, 0.29) is 11.9 Å². The van der Waals surface area contributed by atoms with Gasteiger partial charge in [-0.25, -0.2) is 15.2 Å². The first-order chi connectivity index (χ1) is 11.6. The van der Waals surface area contributed by atoms with E-state index < -0.39 is 0 Å². The van der Waals surface area contributed by atoms with Crippen LogP contribution in [0.25, 0.3) is 0 Å². The molecule has 1 aromatic rings. The molecule has 0 saturated carbocycles. The van der Waals surface area contributed by atoms with Gasteiger partial charge in [0.05, 0.1) is 7.18 Å². The smallest absolute Gasteiger partial charge is 0.333 e. The average Bonchev–Trinajstić information content (AvgIpc) is 2.62. The van der Waals surface area contributed by atoms with E-state index in [1.807, 2.05) is 19.9 Å². The summed E-state index contributed by atoms with van der Waals surface area (Å²) < 4.78 is 9.50. The zero-order valence-electron chi connectivity index (χ0n) is 14.3. The van der Waals surface area contributed by atoms with Crippen LogP contribution in [0.5, 0.6) is 0 Å². The molecule has 0 aliphatic rings. The molecule has 3 N–H and O–H groups in total. The number of hydrogen-bond donors (Lipinski definition) is 3. The molecule has 0 saturated heterocycles. The third-order valence-electron chi connectivity index (χ3n) is 2.18. The lowest BCUT2D eigenvalue weighted by atomic mass is 10.2. The molecule has 8 nitrogen and oxygen atoms in total. The lowest BCUT2D eigenvalue weighted by Crippen LogP contribution is -2.49. The predicted octanol–water partition coefficient (Wildman–Crippen LogP) is 1.46. The van der Waals surface area contributed by atoms with Crippen molar-refractivity contribution >= 4 is 23.4 Å². The minimum Gasteiger partial charge on any atom is -0.400 e. The Hall–Kier alpha value is -2.18. The van der Waals surface area contributed by atoms with E-state index in [4.69, 9.17) is 22.0 Å². The summed E-state index contributed by atoms with van der Waals surface area (Å²) in [5.41, 5.74) is 2.68. The average molecular weight is 363 g/mol. The second kappa shape index (κ2) is 15.7. The van der Waals surface area contributed by atoms with Crippen molar-refractivity contribution in [2.75, 3.05) is 38.3 Å². The quantitative estimate of drug-likeness (QED) is 0.521. The molecule has 2 amide bonds. The number of halogens is 2. The monoisotopic (exact) mass is 362 g/mol. The highest BCUT2D eigenvalue weighted by atomic mass is 35.5. The van der Waals surface area contributed by atoms with Crippen molar-refractivity contribution in [1.82, 2.24) is 20.7 Å². The molecule has 0 radical (unpaired) electrons. The summed E-state index contributed by atoms with van der Waals surface area (Å²) in [6.45, 7) is 4.95. The molecular formula is C14H24ClFN6O2. The molecule has 10 heteroatoms. The second-order valence-corrected chi connectivity index (χ2v) is 4.79. The van der Waals surface area contributed by atoms with E-state index in [1.54, 1.807) is 11.1 Å². The number of carbonyl (C=O) groups excluding carboxylic acids is 1. The van der Waals surface area contributed by atoms with E-state index in [2.05, 4.69) is 20.7 Å². The molecule has 24 heavy (non-hydrogen) atoms. The number of aliphatic hydroxyl groups excluding tert-OH is 1. The normalized spacial score (nSPS) is 8.79. The number of aromatic nitrogens is 2. The fraction of sp³-hybridized carbons (Fsp3) is 0.571. The van der Waals surface area contributed by atoms with Crippen LogP contribution in [0, 0.1) is 17.2 Å². The number of alkyl halides is 2. The van der Waals surface area contributed by atoms with Crippen molar-refractivity contribution in [1.29, 1.82) is 5.26 Å². The SMILES string of the molecule is CC(C)CN(NC(=O)NCCCl)c1ccnc(C#N)n1.CF.CO. The van der Waals surface area contributed by atoms with Crippen molar-refractivity contribution in [3.8, 4) is 6.07 Å². The van der Waals surface area contributed by atoms with Crippen LogP contribution < -0.4 is 15.8 Å². The number of nitriles is 1. The standard InChI is InChI=1S/C12H17ClN6O.CH3F.CH4O/c1-9(2)8-19(18-12(20)16-6-4-13)11-3-5-15-10(7-14)17-11;2*1-2/h3,5,9H,4,6,8H2,1-2H3,(H2,16,18,20);1H3;2H,1H3. The van der Waals surface area contributed by atoms with Crippen LogP contribution in [0.3, 0.4) is 0 Å². The van der Waals surface area contributed by atoms with Gasteiger partial charge in [-0.3, -0.25) is 9.40 Å². The molecule has 0 aliphatic heterocycles. The molecule has 0 fully saturated rings. The van der Waals surface area contributed by atoms with Crippen molar-refractivity contribution in [3.05, 3.63) is 18.1 Å². The van der Waals surface area contributed by atoms with Gasteiger partial charge in [0.2, 0.25) is 5.82 Å². The number of anilines is 1. The molecule has 0 unspecified atom stereocenters. The Morgan fingerprint density at radius 1 is 1.50 bits per heavy atom. The van der Waals surface area contributed by atoms with Gasteiger partial charge in [-0.2, -0.15) is 10.2 Å². The van der Waals surface area contributed by atoms with E-state index >= 15 is 0 Å². The largest absolute Gasteiger partial charge is 0.400 e. The summed E-state index contributed by atoms with van der Waals surface area (Å²) in [4.78, 5) is 19.6. The van der Waals surface area contributed by atoms with Crippen molar-refractivity contribution in [2.45, 2.75) is 13.8 Å². The molecule has 0 atom stereocenters. The van der Waals surface area contributed by atoms with Crippen LogP contribution >= 0.6 is 11.6 Å². The third kappa shape index (κ3) is 10.5. The van der Waals surface area contributed by atoms with Crippen molar-refractivity contribution < 1.29 is 14.3 Å². The summed E-state index contributed by atoms with van der Waals surface area (Å²) in [6, 6.07) is 3.13. The lowest BCUT2D eigenvalue weighted by Gasteiger charge is -2.25. The molecule has 136 valence electrons. The third-order valence-corrected chi connectivity index (χ3v) is 2.37. The molecule has 1 aromatic heterocycles. The number of carbonyl (C=O) groups is 1. The highest BCUT2D eigenvalue weighted by molar-refractivity contribution is 6.18. The lowest BCUT2D eigenvalue weighted by molar-refractivity contribution is 0.240. The van der Waals surface area contributed by atoms with Crippen LogP contribution in [0.2, 0.25) is 0 Å². The molecule has 1 rings (SSSR count). The Bertz CT molecular complexity index is 498. The minimum absolute atomic E-state index is 0.0548. The van der Waals surface area contributed by atoms with Gasteiger partial charge in [-0.05, 0) is 5.92 Å². The first-order valence-corrected chi connectivity index (χ1v) is 7.54. The summed E-state index contributed by atoms with van der Waals surface area (Å²) in [5.74, 6) is 1.15. The van der Waals surface area contributed by atoms with E-state index in [9.17, 15) is 9.18 Å². The van der Waals surface area contributed by atoms with Crippen LogP contribution in [0.4, 0.5) is 15.0 Å². The van der Waals surface area contributed by atoms with Gasteiger partial charge >= 0.3 is 6.03 Å². The first-order valence-electron chi connectivity index (χ1n) is 7.00. The number of aliphatic hydroxyl groups is 1. The van der Waals surface area contributed by atoms with Gasteiger partial charge in [-0.15, -0.1) is 11.6 Å². The van der Waals surface area contributed by atoms with Crippen molar-refractivity contribution in [2.24, 2.45) is 5.92 Å². The maximum Gasteiger partial charge on any atom is 0.333 e. The zero-order chi connectivity index (χ0) is 19.0. The van der Waals surface area contributed by atoms with E-state index in [0.717, 1.165) is 7.11 Å². The number of amides is 2. The molecular weight excluding hydrogens is 339 g/mol. The number of hydrazine groups is 1. The Kier molecular flexibility index (Phi) is 15.8. The number of urea groups is 1. The number of rotatable bonds is 6. The van der Waals surface area contributed by atoms with Gasteiger partial charge in [0.15, 0.2) is 5.82 Å². The summed E-state index contributed by atoms with van der Waals surface area (Å²) >= 11 is 5.51. The number of nitrogens with one attached hydrogen (secondary N) is 2. The fourth-order valence-corrected chi connectivity index (χ4v) is 1.53. The summed E-state index contributed by atoms with van der Waals surface area (Å²) in [7, 11) is 1.50. The maximum absolute atomic E-state index is 11.7. The van der Waals surface area contributed by atoms with Gasteiger partial charge < -0.3 is 10.4 Å². The fourth-order valence-electron chi connectivity index (χ4n) is 1.44. The highest BCUT2D eigenvalue weighted by Gasteiger charge is 2.13. The second-order valence-electron chi connectivity index (χ2n) is 4.41. The molecule has 0 spiro atoms. The molecule has 1 heterocycles. The Balaban J connectivity index is 0. The van der Waals surface area contributed by atoms with Crippen LogP contribution in [0.15, 0.2) is 12.3 Å².